The van der Waals surface area contributed by atoms with Crippen LogP contribution in [0.25, 0.3) is 0 Å². The van der Waals surface area contributed by atoms with Gasteiger partial charge < -0.3 is 10.2 Å². The average Bonchev–Trinajstić information content (AvgIpc) is 2.56. The molecule has 0 saturated carbocycles. The predicted molar refractivity (Wildman–Crippen MR) is 80.6 cm³/mol. The van der Waals surface area contributed by atoms with Crippen LogP contribution in [0.5, 0.6) is 0 Å². The van der Waals surface area contributed by atoms with E-state index in [9.17, 15) is 4.79 Å². The third-order valence-electron chi connectivity index (χ3n) is 5.29. The summed E-state index contributed by atoms with van der Waals surface area (Å²) < 4.78 is 0. The van der Waals surface area contributed by atoms with E-state index in [0.717, 1.165) is 39.1 Å². The van der Waals surface area contributed by atoms with Gasteiger partial charge in [0.25, 0.3) is 0 Å². The fraction of sp³-hybridized carbons (Fsp3) is 0.938. The van der Waals surface area contributed by atoms with Crippen molar-refractivity contribution >= 4 is 5.91 Å². The fourth-order valence-electron chi connectivity index (χ4n) is 4.08. The smallest absolute Gasteiger partial charge is 0.226 e. The number of amides is 1. The molecule has 0 bridgehead atoms. The Labute approximate surface area is 122 Å². The summed E-state index contributed by atoms with van der Waals surface area (Å²) in [5, 5.41) is 3.44. The van der Waals surface area contributed by atoms with Gasteiger partial charge in [0.1, 0.15) is 0 Å². The Bertz CT molecular complexity index is 322. The van der Waals surface area contributed by atoms with E-state index in [2.05, 4.69) is 15.1 Å². The van der Waals surface area contributed by atoms with Crippen molar-refractivity contribution in [2.75, 3.05) is 39.3 Å². The van der Waals surface area contributed by atoms with E-state index in [0.29, 0.717) is 11.9 Å². The molecule has 3 aliphatic rings. The molecule has 1 N–H and O–H groups in total. The van der Waals surface area contributed by atoms with Gasteiger partial charge in [0.05, 0.1) is 5.92 Å². The van der Waals surface area contributed by atoms with E-state index >= 15 is 0 Å². The normalized spacial score (nSPS) is 30.4. The number of nitrogens with one attached hydrogen (secondary N) is 1. The molecule has 1 unspecified atom stereocenters. The van der Waals surface area contributed by atoms with Gasteiger partial charge in [0.15, 0.2) is 0 Å². The van der Waals surface area contributed by atoms with Crippen molar-refractivity contribution in [3.8, 4) is 0 Å². The van der Waals surface area contributed by atoms with E-state index in [1.807, 2.05) is 0 Å². The molecule has 1 atom stereocenters. The minimum atomic E-state index is 0.275. The number of rotatable bonds is 2. The van der Waals surface area contributed by atoms with Crippen LogP contribution in [-0.4, -0.2) is 61.0 Å². The maximum absolute atomic E-state index is 12.7. The lowest BCUT2D eigenvalue weighted by molar-refractivity contribution is -0.138. The maximum Gasteiger partial charge on any atom is 0.226 e. The molecule has 4 nitrogen and oxygen atoms in total. The van der Waals surface area contributed by atoms with Crippen LogP contribution in [0, 0.1) is 5.92 Å². The van der Waals surface area contributed by atoms with Crippen LogP contribution < -0.4 is 5.32 Å². The number of hydrogen-bond donors (Lipinski definition) is 1. The number of carbonyl (C=O) groups excluding carboxylic acids is 1. The largest absolute Gasteiger partial charge is 0.342 e. The Morgan fingerprint density at radius 1 is 0.900 bits per heavy atom. The van der Waals surface area contributed by atoms with Crippen LogP contribution in [0.15, 0.2) is 0 Å². The molecule has 3 fully saturated rings. The molecule has 114 valence electrons. The first kappa shape index (κ1) is 14.3. The Balaban J connectivity index is 1.55. The first-order valence-corrected chi connectivity index (χ1v) is 8.58. The fourth-order valence-corrected chi connectivity index (χ4v) is 4.08. The zero-order valence-electron chi connectivity index (χ0n) is 12.6. The highest BCUT2D eigenvalue weighted by atomic mass is 16.2. The minimum absolute atomic E-state index is 0.275. The summed E-state index contributed by atoms with van der Waals surface area (Å²) in [6, 6.07) is 0.716. The van der Waals surface area contributed by atoms with E-state index in [-0.39, 0.29) is 5.92 Å². The lowest BCUT2D eigenvalue weighted by Crippen LogP contribution is -2.51. The van der Waals surface area contributed by atoms with Crippen LogP contribution in [-0.2, 0) is 4.79 Å². The van der Waals surface area contributed by atoms with Crippen LogP contribution in [0.2, 0.25) is 0 Å². The van der Waals surface area contributed by atoms with Gasteiger partial charge in [-0.05, 0) is 64.6 Å². The summed E-state index contributed by atoms with van der Waals surface area (Å²) in [6.07, 6.45) is 8.53. The summed E-state index contributed by atoms with van der Waals surface area (Å²) in [5.74, 6) is 0.722. The number of nitrogens with zero attached hydrogens (tertiary/aromatic N) is 2. The quantitative estimate of drug-likeness (QED) is 0.831. The van der Waals surface area contributed by atoms with Crippen molar-refractivity contribution in [3.05, 3.63) is 0 Å². The topological polar surface area (TPSA) is 35.6 Å². The van der Waals surface area contributed by atoms with Gasteiger partial charge in [-0.25, -0.2) is 0 Å². The van der Waals surface area contributed by atoms with Gasteiger partial charge >= 0.3 is 0 Å². The van der Waals surface area contributed by atoms with Crippen molar-refractivity contribution in [1.29, 1.82) is 0 Å². The summed E-state index contributed by atoms with van der Waals surface area (Å²) in [5.41, 5.74) is 0. The highest BCUT2D eigenvalue weighted by molar-refractivity contribution is 5.79. The summed E-state index contributed by atoms with van der Waals surface area (Å²) in [7, 11) is 0. The van der Waals surface area contributed by atoms with E-state index in [4.69, 9.17) is 0 Å². The first-order chi connectivity index (χ1) is 9.84. The van der Waals surface area contributed by atoms with Crippen LogP contribution >= 0.6 is 0 Å². The van der Waals surface area contributed by atoms with Gasteiger partial charge in [-0.3, -0.25) is 9.69 Å². The molecular weight excluding hydrogens is 250 g/mol. The number of hydrogen-bond acceptors (Lipinski definition) is 3. The van der Waals surface area contributed by atoms with Crippen molar-refractivity contribution in [2.24, 2.45) is 5.92 Å². The Morgan fingerprint density at radius 3 is 2.40 bits per heavy atom. The third kappa shape index (κ3) is 3.34. The third-order valence-corrected chi connectivity index (χ3v) is 5.29. The summed E-state index contributed by atoms with van der Waals surface area (Å²) in [4.78, 5) is 17.4. The second-order valence-electron chi connectivity index (χ2n) is 6.70. The molecule has 0 radical (unpaired) electrons. The molecule has 0 aromatic rings. The van der Waals surface area contributed by atoms with Crippen LogP contribution in [0.3, 0.4) is 0 Å². The summed E-state index contributed by atoms with van der Waals surface area (Å²) >= 11 is 0. The van der Waals surface area contributed by atoms with Gasteiger partial charge in [0, 0.05) is 25.7 Å². The second kappa shape index (κ2) is 6.90. The highest BCUT2D eigenvalue weighted by Crippen LogP contribution is 2.24. The molecule has 4 heteroatoms. The maximum atomic E-state index is 12.7. The van der Waals surface area contributed by atoms with Gasteiger partial charge in [0.2, 0.25) is 5.91 Å². The molecule has 0 aromatic heterocycles. The predicted octanol–water partition coefficient (Wildman–Crippen LogP) is 1.46. The van der Waals surface area contributed by atoms with Crippen molar-refractivity contribution in [3.63, 3.8) is 0 Å². The molecule has 3 heterocycles. The van der Waals surface area contributed by atoms with Crippen molar-refractivity contribution < 1.29 is 4.79 Å². The SMILES string of the molecule is O=C(C1CCCN(C2CCNCC2)C1)N1CCCCC1. The van der Waals surface area contributed by atoms with Gasteiger partial charge in [-0.15, -0.1) is 0 Å². The standard InChI is InChI=1S/C16H29N3O/c20-16(18-10-2-1-3-11-18)14-5-4-12-19(13-14)15-6-8-17-9-7-15/h14-15,17H,1-13H2. The van der Waals surface area contributed by atoms with Crippen LogP contribution in [0.4, 0.5) is 0 Å². The Kier molecular flexibility index (Phi) is 4.94. The van der Waals surface area contributed by atoms with E-state index < -0.39 is 0 Å². The van der Waals surface area contributed by atoms with Gasteiger partial charge in [-0.2, -0.15) is 0 Å². The van der Waals surface area contributed by atoms with Crippen molar-refractivity contribution in [1.82, 2.24) is 15.1 Å². The van der Waals surface area contributed by atoms with E-state index in [1.54, 1.807) is 0 Å². The lowest BCUT2D eigenvalue weighted by Gasteiger charge is -2.41. The molecule has 3 rings (SSSR count). The number of likely N-dealkylation sites (tertiary alicyclic amines) is 2. The molecule has 0 aliphatic carbocycles. The molecule has 0 spiro atoms. The molecule has 1 amide bonds. The summed E-state index contributed by atoms with van der Waals surface area (Å²) in [6.45, 7) is 6.51. The zero-order valence-corrected chi connectivity index (χ0v) is 12.6. The number of carbonyl (C=O) groups is 1. The first-order valence-electron chi connectivity index (χ1n) is 8.58. The van der Waals surface area contributed by atoms with Gasteiger partial charge in [-0.1, -0.05) is 0 Å². The highest BCUT2D eigenvalue weighted by Gasteiger charge is 2.32. The lowest BCUT2D eigenvalue weighted by atomic mass is 9.92. The van der Waals surface area contributed by atoms with Crippen LogP contribution in [0.1, 0.15) is 44.9 Å². The zero-order chi connectivity index (χ0) is 13.8. The Hall–Kier alpha value is -0.610. The number of piperidine rings is 3. The Morgan fingerprint density at radius 2 is 1.65 bits per heavy atom. The molecule has 3 saturated heterocycles. The molecule has 0 aromatic carbocycles. The minimum Gasteiger partial charge on any atom is -0.342 e. The average molecular weight is 279 g/mol. The molecular formula is C16H29N3O. The second-order valence-corrected chi connectivity index (χ2v) is 6.70. The van der Waals surface area contributed by atoms with E-state index in [1.165, 1.54) is 45.1 Å². The molecule has 3 aliphatic heterocycles. The van der Waals surface area contributed by atoms with Crippen molar-refractivity contribution in [2.45, 2.75) is 51.0 Å². The monoisotopic (exact) mass is 279 g/mol. The molecule has 20 heavy (non-hydrogen) atoms.